The summed E-state index contributed by atoms with van der Waals surface area (Å²) in [5, 5.41) is 0. The van der Waals surface area contributed by atoms with Crippen LogP contribution in [0, 0.1) is 0 Å². The molecule has 0 fully saturated rings. The van der Waals surface area contributed by atoms with E-state index in [1.54, 1.807) is 0 Å². The van der Waals surface area contributed by atoms with Crippen molar-refractivity contribution < 1.29 is 0 Å². The van der Waals surface area contributed by atoms with Gasteiger partial charge in [-0.2, -0.15) is 0 Å². The molecule has 0 bridgehead atoms. The first-order valence-electron chi connectivity index (χ1n) is 4.51. The number of rotatable bonds is 1. The van der Waals surface area contributed by atoms with Gasteiger partial charge in [-0.3, -0.25) is 0 Å². The standard InChI is InChI=1S/C9H10.3CH3.Sn/c1-8(2)9-6-4-3-5-7-9;;;;/h3-7H,1H2,2H3;3*1H3;. The van der Waals surface area contributed by atoms with E-state index in [1.165, 1.54) is 5.56 Å². The molecule has 0 aromatic heterocycles. The van der Waals surface area contributed by atoms with E-state index in [9.17, 15) is 0 Å². The Hall–Kier alpha value is -0.241. The minimum atomic E-state index is -0.543. The third-order valence-corrected chi connectivity index (χ3v) is 1.27. The molecule has 0 saturated heterocycles. The van der Waals surface area contributed by atoms with Crippen LogP contribution < -0.4 is 0 Å². The molecule has 0 N–H and O–H groups in total. The summed E-state index contributed by atoms with van der Waals surface area (Å²) >= 11 is -0.543. The van der Waals surface area contributed by atoms with Crippen molar-refractivity contribution in [2.24, 2.45) is 0 Å². The number of hydrogen-bond acceptors (Lipinski definition) is 0. The third kappa shape index (κ3) is 8.10. The molecule has 1 aromatic rings. The zero-order valence-electron chi connectivity index (χ0n) is 9.09. The summed E-state index contributed by atoms with van der Waals surface area (Å²) in [7, 11) is 0. The summed E-state index contributed by atoms with van der Waals surface area (Å²) in [5.74, 6) is 0. The summed E-state index contributed by atoms with van der Waals surface area (Å²) in [4.78, 5) is 7.09. The van der Waals surface area contributed by atoms with Crippen LogP contribution in [-0.4, -0.2) is 19.8 Å². The zero-order valence-corrected chi connectivity index (χ0v) is 11.9. The Morgan fingerprint density at radius 2 is 1.46 bits per heavy atom. The Morgan fingerprint density at radius 3 is 1.69 bits per heavy atom. The molecule has 1 aromatic carbocycles. The summed E-state index contributed by atoms with van der Waals surface area (Å²) in [6, 6.07) is 10.2. The molecular weight excluding hydrogens is 263 g/mol. The molecule has 0 amide bonds. The maximum absolute atomic E-state index is 3.83. The summed E-state index contributed by atoms with van der Waals surface area (Å²) in [5.41, 5.74) is 2.34. The molecule has 0 heterocycles. The van der Waals surface area contributed by atoms with Crippen LogP contribution in [0.5, 0.6) is 0 Å². The first-order chi connectivity index (χ1) is 6.04. The van der Waals surface area contributed by atoms with Gasteiger partial charge in [-0.1, -0.05) is 42.5 Å². The van der Waals surface area contributed by atoms with E-state index in [0.717, 1.165) is 5.57 Å². The Balaban J connectivity index is 0.000000310. The van der Waals surface area contributed by atoms with Crippen LogP contribution >= 0.6 is 0 Å². The van der Waals surface area contributed by atoms with Gasteiger partial charge in [0.1, 0.15) is 0 Å². The maximum atomic E-state index is 3.83. The van der Waals surface area contributed by atoms with Crippen molar-refractivity contribution in [3.63, 3.8) is 0 Å². The van der Waals surface area contributed by atoms with E-state index in [2.05, 4.69) is 33.5 Å². The van der Waals surface area contributed by atoms with Gasteiger partial charge in [0, 0.05) is 0 Å². The normalized spacial score (nSPS) is 9.00. The van der Waals surface area contributed by atoms with Crippen molar-refractivity contribution in [2.45, 2.75) is 21.7 Å². The van der Waals surface area contributed by atoms with Gasteiger partial charge in [-0.15, -0.1) is 0 Å². The van der Waals surface area contributed by atoms with E-state index >= 15 is 0 Å². The van der Waals surface area contributed by atoms with Crippen molar-refractivity contribution in [1.82, 2.24) is 0 Å². The second-order valence-corrected chi connectivity index (χ2v) is 12.2. The Labute approximate surface area is 89.4 Å². The summed E-state index contributed by atoms with van der Waals surface area (Å²) < 4.78 is 0. The van der Waals surface area contributed by atoms with Crippen LogP contribution in [0.2, 0.25) is 14.8 Å². The van der Waals surface area contributed by atoms with Crippen LogP contribution in [0.4, 0.5) is 0 Å². The topological polar surface area (TPSA) is 0 Å². The second kappa shape index (κ2) is 7.19. The molecule has 13 heavy (non-hydrogen) atoms. The van der Waals surface area contributed by atoms with Gasteiger partial charge in [-0.25, -0.2) is 0 Å². The fraction of sp³-hybridized carbons (Fsp3) is 0.333. The predicted octanol–water partition coefficient (Wildman–Crippen LogP) is 4.09. The summed E-state index contributed by atoms with van der Waals surface area (Å²) in [6.45, 7) is 5.83. The first kappa shape index (κ1) is 12.8. The fourth-order valence-corrected chi connectivity index (χ4v) is 0.723. The van der Waals surface area contributed by atoms with Crippen LogP contribution in [-0.2, 0) is 0 Å². The minimum absolute atomic E-state index is 0.543. The molecule has 0 unspecified atom stereocenters. The van der Waals surface area contributed by atoms with Crippen LogP contribution in [0.25, 0.3) is 5.57 Å². The number of hydrogen-bond donors (Lipinski definition) is 0. The molecule has 1 rings (SSSR count). The van der Waals surface area contributed by atoms with Gasteiger partial charge in [0.2, 0.25) is 0 Å². The molecule has 0 aliphatic heterocycles. The molecule has 1 heteroatoms. The number of allylic oxidation sites excluding steroid dienone is 1. The molecule has 0 saturated carbocycles. The van der Waals surface area contributed by atoms with Crippen LogP contribution in [0.3, 0.4) is 0 Å². The predicted molar refractivity (Wildman–Crippen MR) is 64.5 cm³/mol. The van der Waals surface area contributed by atoms with E-state index in [1.807, 2.05) is 25.1 Å². The van der Waals surface area contributed by atoms with Crippen molar-refractivity contribution in [3.05, 3.63) is 42.5 Å². The molecule has 0 aliphatic rings. The molecule has 1 radical (unpaired) electrons. The second-order valence-electron chi connectivity index (χ2n) is 3.65. The summed E-state index contributed by atoms with van der Waals surface area (Å²) in [6.07, 6.45) is 0. The average Bonchev–Trinajstić information content (AvgIpc) is 2.05. The molecule has 0 atom stereocenters. The van der Waals surface area contributed by atoms with Gasteiger partial charge in [0.05, 0.1) is 0 Å². The average molecular weight is 282 g/mol. The quantitative estimate of drug-likeness (QED) is 0.680. The van der Waals surface area contributed by atoms with Gasteiger partial charge in [0.25, 0.3) is 0 Å². The molecule has 71 valence electrons. The monoisotopic (exact) mass is 283 g/mol. The van der Waals surface area contributed by atoms with E-state index in [-0.39, 0.29) is 0 Å². The van der Waals surface area contributed by atoms with Crippen LogP contribution in [0.1, 0.15) is 12.5 Å². The van der Waals surface area contributed by atoms with Crippen molar-refractivity contribution in [3.8, 4) is 0 Å². The molecule has 0 aliphatic carbocycles. The first-order valence-corrected chi connectivity index (χ1v) is 13.1. The Morgan fingerprint density at radius 1 is 1.08 bits per heavy atom. The van der Waals surface area contributed by atoms with Crippen molar-refractivity contribution in [2.75, 3.05) is 0 Å². The van der Waals surface area contributed by atoms with Crippen molar-refractivity contribution in [1.29, 1.82) is 0 Å². The molecule has 0 spiro atoms. The van der Waals surface area contributed by atoms with Gasteiger partial charge in [-0.05, 0) is 12.5 Å². The van der Waals surface area contributed by atoms with E-state index in [0.29, 0.717) is 0 Å². The van der Waals surface area contributed by atoms with Crippen LogP contribution in [0.15, 0.2) is 36.9 Å². The van der Waals surface area contributed by atoms with Gasteiger partial charge in [0.15, 0.2) is 0 Å². The Kier molecular flexibility index (Phi) is 7.06. The third-order valence-electron chi connectivity index (χ3n) is 1.27. The van der Waals surface area contributed by atoms with Gasteiger partial charge >= 0.3 is 34.6 Å². The molecular formula is C12H19Sn. The van der Waals surface area contributed by atoms with E-state index in [4.69, 9.17) is 0 Å². The Bertz CT molecular complexity index is 234. The number of benzene rings is 1. The van der Waals surface area contributed by atoms with Crippen molar-refractivity contribution >= 4 is 25.3 Å². The SMILES string of the molecule is C=C(C)c1ccccc1.[CH3][Sn]([CH3])[CH3]. The van der Waals surface area contributed by atoms with Gasteiger partial charge < -0.3 is 0 Å². The fourth-order valence-electron chi connectivity index (χ4n) is 0.723. The molecule has 0 nitrogen and oxygen atoms in total. The van der Waals surface area contributed by atoms with E-state index < -0.39 is 19.8 Å². The zero-order chi connectivity index (χ0) is 10.3.